The molecule has 1 aliphatic rings. The monoisotopic (exact) mass is 367 g/mol. The van der Waals surface area contributed by atoms with Crippen LogP contribution in [0.2, 0.25) is 0 Å². The SMILES string of the molecule is CP(=O)(O)OP(C)(=O)OP(C)(=O)OC[C@H]1O[C@@H](N)CC1O. The van der Waals surface area contributed by atoms with Crippen LogP contribution in [0.3, 0.4) is 0 Å². The summed E-state index contributed by atoms with van der Waals surface area (Å²) in [5, 5.41) is 9.58. The van der Waals surface area contributed by atoms with Gasteiger partial charge < -0.3 is 25.0 Å². The molecule has 126 valence electrons. The van der Waals surface area contributed by atoms with E-state index < -0.39 is 41.2 Å². The van der Waals surface area contributed by atoms with Gasteiger partial charge in [-0.15, -0.1) is 0 Å². The van der Waals surface area contributed by atoms with Crippen molar-refractivity contribution in [3.05, 3.63) is 0 Å². The molecule has 0 spiro atoms. The second kappa shape index (κ2) is 6.89. The molecule has 1 saturated heterocycles. The van der Waals surface area contributed by atoms with Gasteiger partial charge in [-0.2, -0.15) is 0 Å². The Morgan fingerprint density at radius 2 is 1.76 bits per heavy atom. The summed E-state index contributed by atoms with van der Waals surface area (Å²) in [4.78, 5) is 9.00. The van der Waals surface area contributed by atoms with Crippen LogP contribution >= 0.6 is 22.8 Å². The maximum absolute atomic E-state index is 12.0. The van der Waals surface area contributed by atoms with Crippen LogP contribution in [0.25, 0.3) is 0 Å². The molecule has 1 heterocycles. The van der Waals surface area contributed by atoms with Crippen molar-refractivity contribution in [1.29, 1.82) is 0 Å². The third kappa shape index (κ3) is 7.48. The average Bonchev–Trinajstić information content (AvgIpc) is 2.48. The Morgan fingerprint density at radius 3 is 2.19 bits per heavy atom. The van der Waals surface area contributed by atoms with Crippen LogP contribution in [0, 0.1) is 0 Å². The number of rotatable bonds is 7. The van der Waals surface area contributed by atoms with Gasteiger partial charge >= 0.3 is 22.8 Å². The van der Waals surface area contributed by atoms with Gasteiger partial charge in [-0.05, 0) is 0 Å². The zero-order valence-electron chi connectivity index (χ0n) is 11.8. The summed E-state index contributed by atoms with van der Waals surface area (Å²) >= 11 is 0. The molecule has 1 rings (SSSR count). The van der Waals surface area contributed by atoms with E-state index in [0.717, 1.165) is 20.0 Å². The molecule has 1 fully saturated rings. The Bertz CT molecular complexity index is 505. The molecule has 0 aromatic rings. The largest absolute Gasteiger partial charge is 0.390 e. The third-order valence-electron chi connectivity index (χ3n) is 2.32. The van der Waals surface area contributed by atoms with Gasteiger partial charge in [0.25, 0.3) is 0 Å². The van der Waals surface area contributed by atoms with E-state index in [9.17, 15) is 18.8 Å². The topological polar surface area (TPSA) is 155 Å². The first-order valence-electron chi connectivity index (χ1n) is 5.91. The zero-order chi connectivity index (χ0) is 16.5. The Morgan fingerprint density at radius 1 is 1.19 bits per heavy atom. The molecule has 10 nitrogen and oxygen atoms in total. The molecule has 6 atom stereocenters. The van der Waals surface area contributed by atoms with E-state index in [0.29, 0.717) is 0 Å². The fraction of sp³-hybridized carbons (Fsp3) is 1.00. The van der Waals surface area contributed by atoms with Crippen LogP contribution in [0.5, 0.6) is 0 Å². The smallest absolute Gasteiger partial charge is 0.341 e. The van der Waals surface area contributed by atoms with Crippen molar-refractivity contribution in [1.82, 2.24) is 0 Å². The molecule has 1 aliphatic heterocycles. The zero-order valence-corrected chi connectivity index (χ0v) is 14.5. The van der Waals surface area contributed by atoms with Gasteiger partial charge in [-0.1, -0.05) is 0 Å². The van der Waals surface area contributed by atoms with Gasteiger partial charge in [-0.3, -0.25) is 13.7 Å². The molecule has 0 amide bonds. The Hall–Kier alpha value is 0.410. The summed E-state index contributed by atoms with van der Waals surface area (Å²) in [6.45, 7) is 2.44. The summed E-state index contributed by atoms with van der Waals surface area (Å²) in [5.41, 5.74) is 5.46. The van der Waals surface area contributed by atoms with Crippen molar-refractivity contribution in [3.8, 4) is 0 Å². The number of ether oxygens (including phenoxy) is 1. The van der Waals surface area contributed by atoms with Crippen LogP contribution in [-0.4, -0.2) is 55.0 Å². The lowest BCUT2D eigenvalue weighted by molar-refractivity contribution is -0.0154. The molecule has 4 N–H and O–H groups in total. The minimum absolute atomic E-state index is 0.210. The highest BCUT2D eigenvalue weighted by molar-refractivity contribution is 7.71. The number of hydrogen-bond donors (Lipinski definition) is 3. The van der Waals surface area contributed by atoms with Crippen LogP contribution in [-0.2, 0) is 31.6 Å². The number of nitrogens with two attached hydrogens (primary N) is 1. The molecule has 13 heteroatoms. The maximum Gasteiger partial charge on any atom is 0.341 e. The molecule has 0 aromatic carbocycles. The van der Waals surface area contributed by atoms with Crippen LogP contribution in [0.1, 0.15) is 6.42 Å². The standard InChI is InChI=1S/C8H20NO9P3/c1-19(11,12)17-21(3,14)18-20(2,13)15-5-7-6(10)4-8(9)16-7/h6-8,10H,4-5,9H2,1-3H3,(H,11,12)/t6?,7-,8-,20?,21?/m1/s1. The van der Waals surface area contributed by atoms with E-state index in [1.165, 1.54) is 0 Å². The molecule has 21 heavy (non-hydrogen) atoms. The fourth-order valence-electron chi connectivity index (χ4n) is 1.70. The first-order chi connectivity index (χ1) is 9.30. The molecule has 0 bridgehead atoms. The van der Waals surface area contributed by atoms with Crippen LogP contribution in [0.4, 0.5) is 0 Å². The normalized spacial score (nSPS) is 34.9. The quantitative estimate of drug-likeness (QED) is 0.553. The second-order valence-corrected chi connectivity index (χ2v) is 11.1. The number of hydrogen-bond acceptors (Lipinski definition) is 9. The third-order valence-corrected chi connectivity index (χ3v) is 7.71. The summed E-state index contributed by atoms with van der Waals surface area (Å²) in [5.74, 6) is 0. The molecule has 0 aliphatic carbocycles. The van der Waals surface area contributed by atoms with E-state index in [1.807, 2.05) is 0 Å². The number of aliphatic hydroxyl groups is 1. The second-order valence-electron chi connectivity index (χ2n) is 4.82. The van der Waals surface area contributed by atoms with Crippen LogP contribution < -0.4 is 5.73 Å². The van der Waals surface area contributed by atoms with Crippen molar-refractivity contribution in [2.24, 2.45) is 5.73 Å². The Balaban J connectivity index is 2.56. The first kappa shape index (κ1) is 19.5. The highest BCUT2D eigenvalue weighted by Gasteiger charge is 2.37. The summed E-state index contributed by atoms with van der Waals surface area (Å²) in [6.07, 6.45) is -2.10. The molecule has 0 saturated carbocycles. The minimum atomic E-state index is -4.08. The van der Waals surface area contributed by atoms with Crippen molar-refractivity contribution in [3.63, 3.8) is 0 Å². The highest BCUT2D eigenvalue weighted by Crippen LogP contribution is 2.66. The van der Waals surface area contributed by atoms with Gasteiger partial charge in [0.15, 0.2) is 0 Å². The molecule has 0 aromatic heterocycles. The van der Waals surface area contributed by atoms with Crippen molar-refractivity contribution in [2.45, 2.75) is 24.9 Å². The Labute approximate surface area is 122 Å². The molecule has 4 unspecified atom stereocenters. The lowest BCUT2D eigenvalue weighted by atomic mass is 10.2. The Kier molecular flexibility index (Phi) is 6.38. The predicted octanol–water partition coefficient (Wildman–Crippen LogP) is 0.932. The summed E-state index contributed by atoms with van der Waals surface area (Å²) in [7, 11) is -12.0. The molecule has 0 radical (unpaired) electrons. The van der Waals surface area contributed by atoms with Gasteiger partial charge in [0.1, 0.15) is 12.3 Å². The lowest BCUT2D eigenvalue weighted by Gasteiger charge is -2.22. The number of aliphatic hydroxyl groups excluding tert-OH is 1. The lowest BCUT2D eigenvalue weighted by Crippen LogP contribution is -2.26. The maximum atomic E-state index is 12.0. The van der Waals surface area contributed by atoms with E-state index in [-0.39, 0.29) is 13.0 Å². The van der Waals surface area contributed by atoms with E-state index in [2.05, 4.69) is 8.62 Å². The van der Waals surface area contributed by atoms with Gasteiger partial charge in [-0.25, -0.2) is 8.62 Å². The average molecular weight is 367 g/mol. The minimum Gasteiger partial charge on any atom is -0.390 e. The first-order valence-corrected chi connectivity index (χ1v) is 11.9. The van der Waals surface area contributed by atoms with Crippen molar-refractivity contribution in [2.75, 3.05) is 26.6 Å². The summed E-state index contributed by atoms with van der Waals surface area (Å²) < 4.78 is 54.0. The van der Waals surface area contributed by atoms with Gasteiger partial charge in [0, 0.05) is 26.4 Å². The van der Waals surface area contributed by atoms with E-state index in [4.69, 9.17) is 19.9 Å². The van der Waals surface area contributed by atoms with E-state index >= 15 is 0 Å². The van der Waals surface area contributed by atoms with E-state index in [1.54, 1.807) is 0 Å². The van der Waals surface area contributed by atoms with Crippen molar-refractivity contribution >= 4 is 22.8 Å². The molecular formula is C8H20NO9P3. The van der Waals surface area contributed by atoms with Gasteiger partial charge in [0.05, 0.1) is 12.7 Å². The highest BCUT2D eigenvalue weighted by atomic mass is 31.3. The predicted molar refractivity (Wildman–Crippen MR) is 74.4 cm³/mol. The summed E-state index contributed by atoms with van der Waals surface area (Å²) in [6, 6.07) is 0. The molecular weight excluding hydrogens is 347 g/mol. The van der Waals surface area contributed by atoms with Gasteiger partial charge in [0.2, 0.25) is 0 Å². The van der Waals surface area contributed by atoms with Crippen molar-refractivity contribution < 1.29 is 41.6 Å². The van der Waals surface area contributed by atoms with Crippen LogP contribution in [0.15, 0.2) is 0 Å². The fourth-order valence-corrected chi connectivity index (χ4v) is 7.05.